The molecule has 5 nitrogen and oxygen atoms in total. The van der Waals surface area contributed by atoms with Crippen molar-refractivity contribution >= 4 is 29.9 Å². The molecule has 0 saturated carbocycles. The maximum absolute atomic E-state index is 10.7. The number of nitro benzene ring substituents is 1. The molecule has 0 atom stereocenters. The molecule has 0 aliphatic carbocycles. The van der Waals surface area contributed by atoms with Crippen LogP contribution in [0.25, 0.3) is 0 Å². The SMILES string of the molecule is C=N/C(=C\SCCc1ccc([N+](=O)[O-])c(C)c1)C(C)=N. The molecule has 0 aliphatic heterocycles. The van der Waals surface area contributed by atoms with Gasteiger partial charge in [0, 0.05) is 17.4 Å². The Hall–Kier alpha value is -1.95. The molecule has 1 N–H and O–H groups in total. The van der Waals surface area contributed by atoms with Gasteiger partial charge >= 0.3 is 0 Å². The first-order valence-electron chi connectivity index (χ1n) is 6.03. The first kappa shape index (κ1) is 16.1. The summed E-state index contributed by atoms with van der Waals surface area (Å²) in [5, 5.41) is 20.0. The van der Waals surface area contributed by atoms with Crippen LogP contribution in [0, 0.1) is 22.4 Å². The van der Waals surface area contributed by atoms with Gasteiger partial charge in [0.25, 0.3) is 5.69 Å². The Kier molecular flexibility index (Phi) is 6.11. The molecule has 0 aromatic heterocycles. The molecule has 0 bridgehead atoms. The van der Waals surface area contributed by atoms with E-state index in [1.165, 1.54) is 0 Å². The van der Waals surface area contributed by atoms with Gasteiger partial charge in [-0.1, -0.05) is 6.07 Å². The van der Waals surface area contributed by atoms with Crippen molar-refractivity contribution in [2.24, 2.45) is 4.99 Å². The van der Waals surface area contributed by atoms with Gasteiger partial charge in [-0.2, -0.15) is 0 Å². The van der Waals surface area contributed by atoms with Crippen LogP contribution in [0.5, 0.6) is 0 Å². The van der Waals surface area contributed by atoms with Gasteiger partial charge in [0.15, 0.2) is 0 Å². The number of aliphatic imine (C=N–C) groups is 1. The third kappa shape index (κ3) is 4.62. The van der Waals surface area contributed by atoms with E-state index in [1.807, 2.05) is 11.5 Å². The summed E-state index contributed by atoms with van der Waals surface area (Å²) in [7, 11) is 0. The molecular weight excluding hydrogens is 274 g/mol. The first-order chi connectivity index (χ1) is 9.45. The summed E-state index contributed by atoms with van der Waals surface area (Å²) in [5.41, 5.74) is 2.86. The Morgan fingerprint density at radius 2 is 2.30 bits per heavy atom. The van der Waals surface area contributed by atoms with Crippen LogP contribution in [-0.4, -0.2) is 23.1 Å². The average molecular weight is 291 g/mol. The van der Waals surface area contributed by atoms with Crippen molar-refractivity contribution < 1.29 is 4.92 Å². The highest BCUT2D eigenvalue weighted by Gasteiger charge is 2.09. The van der Waals surface area contributed by atoms with Crippen molar-refractivity contribution in [2.45, 2.75) is 20.3 Å². The zero-order valence-corrected chi connectivity index (χ0v) is 12.4. The van der Waals surface area contributed by atoms with E-state index in [-0.39, 0.29) is 10.6 Å². The van der Waals surface area contributed by atoms with E-state index in [2.05, 4.69) is 11.7 Å². The van der Waals surface area contributed by atoms with Crippen LogP contribution in [-0.2, 0) is 6.42 Å². The average Bonchev–Trinajstić information content (AvgIpc) is 2.38. The lowest BCUT2D eigenvalue weighted by atomic mass is 10.1. The van der Waals surface area contributed by atoms with Gasteiger partial charge in [0.05, 0.1) is 16.3 Å². The monoisotopic (exact) mass is 291 g/mol. The van der Waals surface area contributed by atoms with Crippen LogP contribution < -0.4 is 0 Å². The number of aryl methyl sites for hydroxylation is 2. The van der Waals surface area contributed by atoms with E-state index in [9.17, 15) is 10.1 Å². The molecule has 1 aromatic carbocycles. The van der Waals surface area contributed by atoms with Crippen LogP contribution in [0.2, 0.25) is 0 Å². The lowest BCUT2D eigenvalue weighted by Gasteiger charge is -2.03. The molecule has 0 saturated heterocycles. The van der Waals surface area contributed by atoms with E-state index in [1.54, 1.807) is 37.7 Å². The highest BCUT2D eigenvalue weighted by atomic mass is 32.2. The summed E-state index contributed by atoms with van der Waals surface area (Å²) in [6.45, 7) is 6.83. The predicted molar refractivity (Wildman–Crippen MR) is 85.0 cm³/mol. The fourth-order valence-corrected chi connectivity index (χ4v) is 2.52. The molecule has 106 valence electrons. The summed E-state index contributed by atoms with van der Waals surface area (Å²) in [6, 6.07) is 5.17. The van der Waals surface area contributed by atoms with Crippen molar-refractivity contribution in [1.82, 2.24) is 0 Å². The number of nitrogens with one attached hydrogen (secondary N) is 1. The molecular formula is C14H17N3O2S. The lowest BCUT2D eigenvalue weighted by molar-refractivity contribution is -0.385. The summed E-state index contributed by atoms with van der Waals surface area (Å²) in [6.07, 6.45) is 0.807. The van der Waals surface area contributed by atoms with Gasteiger partial charge < -0.3 is 5.41 Å². The van der Waals surface area contributed by atoms with Crippen molar-refractivity contribution in [3.05, 3.63) is 50.5 Å². The number of nitro groups is 1. The molecule has 0 heterocycles. The Balaban J connectivity index is 2.59. The number of benzene rings is 1. The summed E-state index contributed by atoms with van der Waals surface area (Å²) < 4.78 is 0. The van der Waals surface area contributed by atoms with Crippen molar-refractivity contribution in [3.8, 4) is 0 Å². The number of allylic oxidation sites excluding steroid dienone is 1. The van der Waals surface area contributed by atoms with E-state index in [0.717, 1.165) is 17.7 Å². The van der Waals surface area contributed by atoms with Crippen molar-refractivity contribution in [3.63, 3.8) is 0 Å². The zero-order chi connectivity index (χ0) is 15.1. The smallest absolute Gasteiger partial charge is 0.272 e. The van der Waals surface area contributed by atoms with Crippen LogP contribution in [0.3, 0.4) is 0 Å². The molecule has 20 heavy (non-hydrogen) atoms. The Labute approximate surface area is 122 Å². The van der Waals surface area contributed by atoms with Crippen LogP contribution >= 0.6 is 11.8 Å². The quantitative estimate of drug-likeness (QED) is 0.359. The highest BCUT2D eigenvalue weighted by molar-refractivity contribution is 8.02. The molecule has 1 aromatic rings. The second-order valence-corrected chi connectivity index (χ2v) is 5.26. The maximum Gasteiger partial charge on any atom is 0.272 e. The van der Waals surface area contributed by atoms with Gasteiger partial charge in [-0.3, -0.25) is 15.1 Å². The number of hydrogen-bond donors (Lipinski definition) is 1. The molecule has 6 heteroatoms. The minimum Gasteiger partial charge on any atom is -0.303 e. The lowest BCUT2D eigenvalue weighted by Crippen LogP contribution is -1.95. The standard InChI is InChI=1S/C14H17N3O2S/c1-10-8-12(4-5-14(10)17(18)19)6-7-20-9-13(16-3)11(2)15/h4-5,8-9,15H,3,6-7H2,1-2H3/b13-9-,15-11?. The maximum atomic E-state index is 10.7. The summed E-state index contributed by atoms with van der Waals surface area (Å²) in [4.78, 5) is 14.1. The largest absolute Gasteiger partial charge is 0.303 e. The van der Waals surface area contributed by atoms with Gasteiger partial charge in [0.2, 0.25) is 0 Å². The van der Waals surface area contributed by atoms with E-state index in [0.29, 0.717) is 17.0 Å². The van der Waals surface area contributed by atoms with Gasteiger partial charge in [-0.05, 0) is 44.0 Å². The van der Waals surface area contributed by atoms with E-state index in [4.69, 9.17) is 5.41 Å². The van der Waals surface area contributed by atoms with E-state index >= 15 is 0 Å². The van der Waals surface area contributed by atoms with E-state index < -0.39 is 0 Å². The molecule has 0 fully saturated rings. The highest BCUT2D eigenvalue weighted by Crippen LogP contribution is 2.20. The third-order valence-corrected chi connectivity index (χ3v) is 3.55. The molecule has 0 amide bonds. The number of rotatable bonds is 7. The van der Waals surface area contributed by atoms with Gasteiger partial charge in [-0.15, -0.1) is 11.8 Å². The van der Waals surface area contributed by atoms with Crippen LogP contribution in [0.15, 0.2) is 34.3 Å². The second-order valence-electron chi connectivity index (χ2n) is 4.28. The van der Waals surface area contributed by atoms with Crippen molar-refractivity contribution in [2.75, 3.05) is 5.75 Å². The first-order valence-corrected chi connectivity index (χ1v) is 7.08. The minimum atomic E-state index is -0.370. The summed E-state index contributed by atoms with van der Waals surface area (Å²) in [5.74, 6) is 0.823. The molecule has 1 rings (SSSR count). The third-order valence-electron chi connectivity index (χ3n) is 2.72. The van der Waals surface area contributed by atoms with Gasteiger partial charge in [-0.25, -0.2) is 0 Å². The number of thioether (sulfide) groups is 1. The Bertz CT molecular complexity index is 568. The minimum absolute atomic E-state index is 0.152. The fourth-order valence-electron chi connectivity index (χ4n) is 1.64. The molecule has 0 spiro atoms. The number of nitrogens with zero attached hydrogens (tertiary/aromatic N) is 2. The van der Waals surface area contributed by atoms with Crippen LogP contribution in [0.4, 0.5) is 5.69 Å². The molecule has 0 radical (unpaired) electrons. The number of hydrogen-bond acceptors (Lipinski definition) is 5. The summed E-state index contributed by atoms with van der Waals surface area (Å²) >= 11 is 1.55. The van der Waals surface area contributed by atoms with Crippen LogP contribution in [0.1, 0.15) is 18.1 Å². The van der Waals surface area contributed by atoms with Crippen molar-refractivity contribution in [1.29, 1.82) is 5.41 Å². The predicted octanol–water partition coefficient (Wildman–Crippen LogP) is 3.76. The topological polar surface area (TPSA) is 79.3 Å². The zero-order valence-electron chi connectivity index (χ0n) is 11.5. The molecule has 0 unspecified atom stereocenters. The molecule has 0 aliphatic rings. The normalized spacial score (nSPS) is 11.2. The Morgan fingerprint density at radius 1 is 1.60 bits per heavy atom. The Morgan fingerprint density at radius 3 is 2.80 bits per heavy atom. The second kappa shape index (κ2) is 7.59. The fraction of sp³-hybridized carbons (Fsp3) is 0.286. The van der Waals surface area contributed by atoms with Gasteiger partial charge in [0.1, 0.15) is 0 Å².